The van der Waals surface area contributed by atoms with Crippen LogP contribution in [-0.4, -0.2) is 22.6 Å². The van der Waals surface area contributed by atoms with Crippen molar-refractivity contribution in [1.82, 2.24) is 0 Å². The van der Waals surface area contributed by atoms with Crippen molar-refractivity contribution in [3.8, 4) is 0 Å². The maximum Gasteiger partial charge on any atom is 0.239 e. The molecule has 0 saturated carbocycles. The number of rotatable bonds is 1. The standard InChI is InChI=1S/C9H11NO4S2/c10-16(13,14)8-5-1-3-7-4-2-6-15(11,12)9(7)8/h1,3,5H,2,4,6H2,(H2,10,13,14). The molecule has 2 rings (SSSR count). The minimum atomic E-state index is -3.99. The van der Waals surface area contributed by atoms with E-state index in [4.69, 9.17) is 5.14 Å². The second kappa shape index (κ2) is 3.54. The minimum Gasteiger partial charge on any atom is -0.225 e. The SMILES string of the molecule is NS(=O)(=O)c1cccc2c1S(=O)(=O)CCC2. The highest BCUT2D eigenvalue weighted by atomic mass is 32.2. The lowest BCUT2D eigenvalue weighted by Crippen LogP contribution is -2.22. The first-order valence-electron chi connectivity index (χ1n) is 4.70. The van der Waals surface area contributed by atoms with Crippen LogP contribution < -0.4 is 5.14 Å². The van der Waals surface area contributed by atoms with Crippen LogP contribution in [0.15, 0.2) is 28.0 Å². The van der Waals surface area contributed by atoms with Gasteiger partial charge in [0.15, 0.2) is 9.84 Å². The number of benzene rings is 1. The first-order valence-corrected chi connectivity index (χ1v) is 7.90. The van der Waals surface area contributed by atoms with Crippen molar-refractivity contribution in [2.45, 2.75) is 22.6 Å². The summed E-state index contributed by atoms with van der Waals surface area (Å²) in [5, 5.41) is 5.01. The molecule has 1 heterocycles. The van der Waals surface area contributed by atoms with Crippen LogP contribution in [-0.2, 0) is 26.3 Å². The average molecular weight is 261 g/mol. The maximum absolute atomic E-state index is 11.8. The van der Waals surface area contributed by atoms with Gasteiger partial charge in [0.1, 0.15) is 4.90 Å². The van der Waals surface area contributed by atoms with Crippen molar-refractivity contribution in [2.24, 2.45) is 5.14 Å². The Morgan fingerprint density at radius 2 is 1.94 bits per heavy atom. The molecule has 0 radical (unpaired) electrons. The third-order valence-electron chi connectivity index (χ3n) is 2.54. The fourth-order valence-electron chi connectivity index (χ4n) is 1.89. The Morgan fingerprint density at radius 1 is 1.25 bits per heavy atom. The van der Waals surface area contributed by atoms with Gasteiger partial charge in [0.2, 0.25) is 10.0 Å². The molecule has 0 saturated heterocycles. The molecule has 1 aromatic rings. The third-order valence-corrected chi connectivity index (χ3v) is 5.55. The van der Waals surface area contributed by atoms with E-state index < -0.39 is 19.9 Å². The van der Waals surface area contributed by atoms with Crippen LogP contribution in [0.4, 0.5) is 0 Å². The first-order chi connectivity index (χ1) is 7.32. The molecular formula is C9H11NO4S2. The number of sulfonamides is 1. The van der Waals surface area contributed by atoms with E-state index in [2.05, 4.69) is 0 Å². The number of sulfone groups is 1. The molecule has 88 valence electrons. The van der Waals surface area contributed by atoms with Crippen molar-refractivity contribution >= 4 is 19.9 Å². The quantitative estimate of drug-likeness (QED) is 0.773. The summed E-state index contributed by atoms with van der Waals surface area (Å²) < 4.78 is 46.3. The fourth-order valence-corrected chi connectivity index (χ4v) is 4.95. The highest BCUT2D eigenvalue weighted by molar-refractivity contribution is 7.93. The molecule has 0 amide bonds. The summed E-state index contributed by atoms with van der Waals surface area (Å²) in [6.07, 6.45) is 1.08. The van der Waals surface area contributed by atoms with Gasteiger partial charge in [-0.3, -0.25) is 0 Å². The highest BCUT2D eigenvalue weighted by Crippen LogP contribution is 2.30. The molecule has 16 heavy (non-hydrogen) atoms. The van der Waals surface area contributed by atoms with Crippen LogP contribution >= 0.6 is 0 Å². The van der Waals surface area contributed by atoms with Gasteiger partial charge in [-0.25, -0.2) is 22.0 Å². The molecule has 0 fully saturated rings. The smallest absolute Gasteiger partial charge is 0.225 e. The zero-order chi connectivity index (χ0) is 12.0. The Labute approximate surface area is 94.2 Å². The van der Waals surface area contributed by atoms with Gasteiger partial charge in [0.25, 0.3) is 0 Å². The van der Waals surface area contributed by atoms with E-state index in [0.29, 0.717) is 18.4 Å². The largest absolute Gasteiger partial charge is 0.239 e. The molecule has 0 spiro atoms. The molecular weight excluding hydrogens is 250 g/mol. The Balaban J connectivity index is 2.86. The van der Waals surface area contributed by atoms with Gasteiger partial charge in [-0.1, -0.05) is 12.1 Å². The molecule has 7 heteroatoms. The predicted molar refractivity (Wildman–Crippen MR) is 58.2 cm³/mol. The maximum atomic E-state index is 11.8. The van der Waals surface area contributed by atoms with Crippen molar-refractivity contribution in [3.63, 3.8) is 0 Å². The van der Waals surface area contributed by atoms with E-state index in [0.717, 1.165) is 0 Å². The van der Waals surface area contributed by atoms with E-state index in [9.17, 15) is 16.8 Å². The van der Waals surface area contributed by atoms with Gasteiger partial charge < -0.3 is 0 Å². The molecule has 0 unspecified atom stereocenters. The Bertz CT molecular complexity index is 631. The van der Waals surface area contributed by atoms with Crippen LogP contribution in [0.5, 0.6) is 0 Å². The minimum absolute atomic E-state index is 0.0213. The van der Waals surface area contributed by atoms with E-state index in [1.807, 2.05) is 0 Å². The van der Waals surface area contributed by atoms with E-state index in [1.165, 1.54) is 12.1 Å². The molecule has 1 aliphatic heterocycles. The Morgan fingerprint density at radius 3 is 2.56 bits per heavy atom. The van der Waals surface area contributed by atoms with Gasteiger partial charge in [-0.15, -0.1) is 0 Å². The van der Waals surface area contributed by atoms with Gasteiger partial charge in [0, 0.05) is 0 Å². The van der Waals surface area contributed by atoms with E-state index >= 15 is 0 Å². The van der Waals surface area contributed by atoms with E-state index in [-0.39, 0.29) is 15.5 Å². The molecule has 1 aromatic carbocycles. The first kappa shape index (κ1) is 11.6. The van der Waals surface area contributed by atoms with Crippen LogP contribution in [0.3, 0.4) is 0 Å². The van der Waals surface area contributed by atoms with Crippen molar-refractivity contribution in [1.29, 1.82) is 0 Å². The molecule has 0 aliphatic carbocycles. The summed E-state index contributed by atoms with van der Waals surface area (Å²) in [5.74, 6) is -0.0213. The molecule has 0 aromatic heterocycles. The molecule has 0 atom stereocenters. The molecule has 5 nitrogen and oxygen atoms in total. The molecule has 0 bridgehead atoms. The lowest BCUT2D eigenvalue weighted by atomic mass is 10.1. The second-order valence-corrected chi connectivity index (χ2v) is 7.29. The highest BCUT2D eigenvalue weighted by Gasteiger charge is 2.30. The van der Waals surface area contributed by atoms with Gasteiger partial charge in [-0.05, 0) is 24.5 Å². The summed E-state index contributed by atoms with van der Waals surface area (Å²) in [5.41, 5.74) is 0.540. The zero-order valence-corrected chi connectivity index (χ0v) is 10.0. The Hall–Kier alpha value is -0.920. The molecule has 1 aliphatic rings. The van der Waals surface area contributed by atoms with Crippen molar-refractivity contribution in [3.05, 3.63) is 23.8 Å². The monoisotopic (exact) mass is 261 g/mol. The number of hydrogen-bond donors (Lipinski definition) is 1. The lowest BCUT2D eigenvalue weighted by molar-refractivity contribution is 0.574. The van der Waals surface area contributed by atoms with Crippen LogP contribution in [0.2, 0.25) is 0 Å². The van der Waals surface area contributed by atoms with Gasteiger partial charge in [-0.2, -0.15) is 0 Å². The van der Waals surface area contributed by atoms with Crippen LogP contribution in [0, 0.1) is 0 Å². The van der Waals surface area contributed by atoms with E-state index in [1.54, 1.807) is 6.07 Å². The number of aryl methyl sites for hydroxylation is 1. The van der Waals surface area contributed by atoms with Crippen LogP contribution in [0.25, 0.3) is 0 Å². The summed E-state index contributed by atoms with van der Waals surface area (Å²) in [6.45, 7) is 0. The predicted octanol–water partition coefficient (Wildman–Crippen LogP) is 0.0539. The fraction of sp³-hybridized carbons (Fsp3) is 0.333. The van der Waals surface area contributed by atoms with Crippen molar-refractivity contribution < 1.29 is 16.8 Å². The summed E-state index contributed by atoms with van der Waals surface area (Å²) in [4.78, 5) is -0.395. The number of hydrogen-bond acceptors (Lipinski definition) is 4. The topological polar surface area (TPSA) is 94.3 Å². The number of fused-ring (bicyclic) bond motifs is 1. The zero-order valence-electron chi connectivity index (χ0n) is 8.38. The third kappa shape index (κ3) is 1.85. The van der Waals surface area contributed by atoms with Crippen LogP contribution in [0.1, 0.15) is 12.0 Å². The van der Waals surface area contributed by atoms with Crippen molar-refractivity contribution in [2.75, 3.05) is 5.75 Å². The lowest BCUT2D eigenvalue weighted by Gasteiger charge is -2.18. The Kier molecular flexibility index (Phi) is 2.56. The average Bonchev–Trinajstić information content (AvgIpc) is 2.15. The normalized spacial score (nSPS) is 19.1. The van der Waals surface area contributed by atoms with Gasteiger partial charge in [0.05, 0.1) is 10.6 Å². The summed E-state index contributed by atoms with van der Waals surface area (Å²) in [7, 11) is -7.51. The number of nitrogens with two attached hydrogens (primary N) is 1. The number of primary sulfonamides is 1. The molecule has 2 N–H and O–H groups in total. The summed E-state index contributed by atoms with van der Waals surface area (Å²) >= 11 is 0. The second-order valence-electron chi connectivity index (χ2n) is 3.71. The van der Waals surface area contributed by atoms with Gasteiger partial charge >= 0.3 is 0 Å². The summed E-state index contributed by atoms with van der Waals surface area (Å²) in [6, 6.07) is 4.37.